The first-order chi connectivity index (χ1) is 21.3. The minimum absolute atomic E-state index is 0.0809. The molecule has 1 aliphatic heterocycles. The molecule has 0 radical (unpaired) electrons. The lowest BCUT2D eigenvalue weighted by Gasteiger charge is -2.36. The minimum Gasteiger partial charge on any atom is -0.493 e. The number of hydrogen-bond acceptors (Lipinski definition) is 8. The summed E-state index contributed by atoms with van der Waals surface area (Å²) in [5, 5.41) is 6.82. The third-order valence-corrected chi connectivity index (χ3v) is 8.52. The van der Waals surface area contributed by atoms with Crippen LogP contribution in [0.4, 0.5) is 10.1 Å². The molecule has 5 rings (SSSR count). The number of piperazine rings is 1. The number of rotatable bonds is 12. The Morgan fingerprint density at radius 2 is 1.82 bits per heavy atom. The van der Waals surface area contributed by atoms with Crippen LogP contribution in [0.15, 0.2) is 47.0 Å². The summed E-state index contributed by atoms with van der Waals surface area (Å²) < 4.78 is 26.0. The smallest absolute Gasteiger partial charge is 0.251 e. The van der Waals surface area contributed by atoms with Crippen LogP contribution in [0.2, 0.25) is 0 Å². The Kier molecular flexibility index (Phi) is 10.5. The normalized spacial score (nSPS) is 16.6. The van der Waals surface area contributed by atoms with Crippen LogP contribution in [0.1, 0.15) is 55.3 Å². The first-order valence-corrected chi connectivity index (χ1v) is 15.6. The van der Waals surface area contributed by atoms with Crippen molar-refractivity contribution in [2.75, 3.05) is 58.3 Å². The molecule has 10 nitrogen and oxygen atoms in total. The molecule has 1 saturated heterocycles. The molecule has 1 atom stereocenters. The average molecular weight is 607 g/mol. The van der Waals surface area contributed by atoms with Gasteiger partial charge in [-0.3, -0.25) is 14.5 Å². The Balaban J connectivity index is 0.998. The molecule has 1 saturated carbocycles. The number of amides is 2. The second-order valence-electron chi connectivity index (χ2n) is 12.0. The van der Waals surface area contributed by atoms with Crippen LogP contribution in [0.5, 0.6) is 5.75 Å². The van der Waals surface area contributed by atoms with Gasteiger partial charge in [0.05, 0.1) is 12.2 Å². The highest BCUT2D eigenvalue weighted by Gasteiger charge is 2.26. The van der Waals surface area contributed by atoms with Crippen LogP contribution in [0.3, 0.4) is 0 Å². The van der Waals surface area contributed by atoms with E-state index in [4.69, 9.17) is 9.26 Å². The Morgan fingerprint density at radius 1 is 1.09 bits per heavy atom. The molecule has 1 unspecified atom stereocenters. The van der Waals surface area contributed by atoms with Crippen molar-refractivity contribution in [3.05, 3.63) is 59.7 Å². The Bertz CT molecular complexity index is 1400. The number of carbonyl (C=O) groups is 2. The summed E-state index contributed by atoms with van der Waals surface area (Å²) in [6, 6.07) is 11.4. The van der Waals surface area contributed by atoms with Gasteiger partial charge in [0, 0.05) is 70.6 Å². The number of anilines is 1. The summed E-state index contributed by atoms with van der Waals surface area (Å²) in [6.45, 7) is 5.67. The van der Waals surface area contributed by atoms with Crippen LogP contribution in [0.25, 0.3) is 11.4 Å². The van der Waals surface area contributed by atoms with Gasteiger partial charge in [-0.2, -0.15) is 4.98 Å². The van der Waals surface area contributed by atoms with Gasteiger partial charge in [0.15, 0.2) is 0 Å². The summed E-state index contributed by atoms with van der Waals surface area (Å²) >= 11 is 0. The molecule has 1 N–H and O–H groups in total. The van der Waals surface area contributed by atoms with E-state index >= 15 is 0 Å². The van der Waals surface area contributed by atoms with E-state index in [0.717, 1.165) is 38.2 Å². The number of aromatic nitrogens is 2. The number of benzene rings is 2. The van der Waals surface area contributed by atoms with Crippen molar-refractivity contribution >= 4 is 17.5 Å². The minimum atomic E-state index is -0.609. The molecule has 2 amide bonds. The average Bonchev–Trinajstić information content (AvgIpc) is 3.72. The monoisotopic (exact) mass is 606 g/mol. The maximum Gasteiger partial charge on any atom is 0.251 e. The zero-order chi connectivity index (χ0) is 31.1. The van der Waals surface area contributed by atoms with Gasteiger partial charge in [-0.15, -0.1) is 0 Å². The molecule has 2 aliphatic rings. The van der Waals surface area contributed by atoms with Crippen LogP contribution >= 0.6 is 0 Å². The van der Waals surface area contributed by atoms with Gasteiger partial charge in [0.25, 0.3) is 5.91 Å². The second-order valence-corrected chi connectivity index (χ2v) is 12.0. The van der Waals surface area contributed by atoms with Gasteiger partial charge in [-0.25, -0.2) is 4.39 Å². The highest BCUT2D eigenvalue weighted by Crippen LogP contribution is 2.29. The van der Waals surface area contributed by atoms with Gasteiger partial charge >= 0.3 is 0 Å². The van der Waals surface area contributed by atoms with Crippen molar-refractivity contribution in [3.8, 4) is 17.1 Å². The van der Waals surface area contributed by atoms with E-state index in [9.17, 15) is 14.0 Å². The number of hydrogen-bond donors (Lipinski definition) is 1. The Morgan fingerprint density at radius 3 is 2.50 bits per heavy atom. The molecular formula is C33H43FN6O4. The lowest BCUT2D eigenvalue weighted by molar-refractivity contribution is -0.134. The predicted molar refractivity (Wildman–Crippen MR) is 166 cm³/mol. The number of nitrogens with one attached hydrogen (secondary N) is 1. The molecule has 236 valence electrons. The second kappa shape index (κ2) is 14.7. The van der Waals surface area contributed by atoms with E-state index in [0.29, 0.717) is 48.4 Å². The topological polar surface area (TPSA) is 104 Å². The quantitative estimate of drug-likeness (QED) is 0.303. The third-order valence-electron chi connectivity index (χ3n) is 8.52. The molecule has 2 heterocycles. The van der Waals surface area contributed by atoms with Gasteiger partial charge in [-0.1, -0.05) is 18.0 Å². The van der Waals surface area contributed by atoms with E-state index < -0.39 is 11.9 Å². The highest BCUT2D eigenvalue weighted by atomic mass is 19.1. The number of nitrogens with zero attached hydrogens (tertiary/aromatic N) is 5. The fourth-order valence-electron chi connectivity index (χ4n) is 5.87. The van der Waals surface area contributed by atoms with Crippen molar-refractivity contribution < 1.29 is 23.2 Å². The first kappa shape index (κ1) is 31.4. The van der Waals surface area contributed by atoms with Crippen LogP contribution in [-0.4, -0.2) is 91.2 Å². The van der Waals surface area contributed by atoms with E-state index in [-0.39, 0.29) is 17.6 Å². The molecular weight excluding hydrogens is 563 g/mol. The SMILES string of the molecule is CC(NC(=O)c1ccc(N(C)C)cc1)C(=O)N1CCN(CCCOc2ccc(-c3noc(CC4CCCC4)n3)c(F)c2)CC1. The number of carbonyl (C=O) groups excluding carboxylic acids is 2. The Hall–Kier alpha value is -3.99. The van der Waals surface area contributed by atoms with E-state index in [1.54, 1.807) is 36.1 Å². The zero-order valence-electron chi connectivity index (χ0n) is 25.9. The van der Waals surface area contributed by atoms with Gasteiger partial charge < -0.3 is 24.4 Å². The lowest BCUT2D eigenvalue weighted by Crippen LogP contribution is -2.54. The lowest BCUT2D eigenvalue weighted by atomic mass is 10.0. The molecule has 0 spiro atoms. The standard InChI is InChI=1S/C33H43FN6O4/c1-23(35-32(41)25-9-11-26(12-10-25)38(2)3)33(42)40-18-16-39(17-19-40)15-6-20-43-27-13-14-28(29(34)22-27)31-36-30(44-37-31)21-24-7-4-5-8-24/h9-14,22-24H,4-8,15-21H2,1-3H3,(H,35,41). The zero-order valence-corrected chi connectivity index (χ0v) is 25.9. The van der Waals surface area contributed by atoms with E-state index in [1.807, 2.05) is 31.1 Å². The summed E-state index contributed by atoms with van der Waals surface area (Å²) in [5.41, 5.74) is 1.83. The molecule has 1 aromatic heterocycles. The number of halogens is 1. The molecule has 1 aliphatic carbocycles. The first-order valence-electron chi connectivity index (χ1n) is 15.6. The fraction of sp³-hybridized carbons (Fsp3) is 0.515. The Labute approximate surface area is 258 Å². The van der Waals surface area contributed by atoms with Gasteiger partial charge in [0.1, 0.15) is 17.6 Å². The van der Waals surface area contributed by atoms with Crippen molar-refractivity contribution in [1.29, 1.82) is 0 Å². The maximum absolute atomic E-state index is 14.8. The van der Waals surface area contributed by atoms with Crippen molar-refractivity contribution in [2.24, 2.45) is 5.92 Å². The van der Waals surface area contributed by atoms with Crippen LogP contribution in [0, 0.1) is 11.7 Å². The molecule has 3 aromatic rings. The summed E-state index contributed by atoms with van der Waals surface area (Å²) in [7, 11) is 3.88. The molecule has 0 bridgehead atoms. The van der Waals surface area contributed by atoms with Crippen molar-refractivity contribution in [1.82, 2.24) is 25.3 Å². The number of ether oxygens (including phenoxy) is 1. The fourth-order valence-corrected chi connectivity index (χ4v) is 5.87. The largest absolute Gasteiger partial charge is 0.493 e. The molecule has 2 aromatic carbocycles. The predicted octanol–water partition coefficient (Wildman–Crippen LogP) is 4.41. The highest BCUT2D eigenvalue weighted by molar-refractivity contribution is 5.97. The van der Waals surface area contributed by atoms with Crippen molar-refractivity contribution in [3.63, 3.8) is 0 Å². The van der Waals surface area contributed by atoms with Crippen molar-refractivity contribution in [2.45, 2.75) is 51.5 Å². The van der Waals surface area contributed by atoms with Gasteiger partial charge in [-0.05, 0) is 68.5 Å². The summed E-state index contributed by atoms with van der Waals surface area (Å²) in [4.78, 5) is 36.1. The summed E-state index contributed by atoms with van der Waals surface area (Å²) in [6.07, 6.45) is 6.38. The maximum atomic E-state index is 14.8. The molecule has 2 fully saturated rings. The third kappa shape index (κ3) is 8.13. The van der Waals surface area contributed by atoms with Gasteiger partial charge in [0.2, 0.25) is 17.6 Å². The summed E-state index contributed by atoms with van der Waals surface area (Å²) in [5.74, 6) is 1.10. The van der Waals surface area contributed by atoms with Crippen LogP contribution < -0.4 is 15.0 Å². The molecule has 44 heavy (non-hydrogen) atoms. The van der Waals surface area contributed by atoms with E-state index in [1.165, 1.54) is 31.7 Å². The van der Waals surface area contributed by atoms with Crippen LogP contribution in [-0.2, 0) is 11.2 Å². The molecule has 11 heteroatoms. The van der Waals surface area contributed by atoms with E-state index in [2.05, 4.69) is 20.4 Å².